The van der Waals surface area contributed by atoms with Crippen molar-refractivity contribution in [3.05, 3.63) is 17.5 Å². The Morgan fingerprint density at radius 2 is 2.23 bits per heavy atom. The maximum absolute atomic E-state index is 5.69. The molecule has 1 heterocycles. The van der Waals surface area contributed by atoms with E-state index < -0.39 is 0 Å². The highest BCUT2D eigenvalue weighted by Gasteiger charge is 2.17. The van der Waals surface area contributed by atoms with Gasteiger partial charge < -0.3 is 5.73 Å². The molecule has 0 bridgehead atoms. The van der Waals surface area contributed by atoms with Crippen molar-refractivity contribution in [2.45, 2.75) is 13.0 Å². The molecule has 4 nitrogen and oxygen atoms in total. The van der Waals surface area contributed by atoms with Crippen LogP contribution >= 0.6 is 0 Å². The normalized spacial score (nSPS) is 13.7. The fourth-order valence-electron chi connectivity index (χ4n) is 1.52. The molecule has 0 spiro atoms. The second-order valence-corrected chi connectivity index (χ2v) is 3.59. The molecule has 0 aliphatic heterocycles. The molecule has 1 aromatic rings. The molecule has 74 valence electrons. The van der Waals surface area contributed by atoms with Gasteiger partial charge in [0.2, 0.25) is 0 Å². The van der Waals surface area contributed by atoms with E-state index in [2.05, 4.69) is 16.9 Å². The van der Waals surface area contributed by atoms with E-state index in [1.807, 2.05) is 32.0 Å². The van der Waals surface area contributed by atoms with Gasteiger partial charge in [-0.3, -0.25) is 9.58 Å². The molecule has 1 aromatic heterocycles. The van der Waals surface area contributed by atoms with Crippen LogP contribution in [0.1, 0.15) is 17.3 Å². The van der Waals surface area contributed by atoms with Gasteiger partial charge in [0.1, 0.15) is 0 Å². The van der Waals surface area contributed by atoms with Crippen molar-refractivity contribution in [3.8, 4) is 0 Å². The zero-order chi connectivity index (χ0) is 10.0. The Bertz CT molecular complexity index is 277. The van der Waals surface area contributed by atoms with Gasteiger partial charge in [0.25, 0.3) is 0 Å². The van der Waals surface area contributed by atoms with E-state index in [1.54, 1.807) is 0 Å². The van der Waals surface area contributed by atoms with Crippen molar-refractivity contribution in [2.24, 2.45) is 12.8 Å². The average Bonchev–Trinajstić information content (AvgIpc) is 2.31. The van der Waals surface area contributed by atoms with Gasteiger partial charge in [0.05, 0.1) is 11.7 Å². The Morgan fingerprint density at radius 1 is 1.62 bits per heavy atom. The van der Waals surface area contributed by atoms with Gasteiger partial charge in [0, 0.05) is 19.8 Å². The third-order valence-electron chi connectivity index (χ3n) is 2.21. The summed E-state index contributed by atoms with van der Waals surface area (Å²) in [5.74, 6) is 0. The molecule has 2 N–H and O–H groups in total. The number of nitrogens with two attached hydrogens (primary N) is 1. The molecule has 4 heteroatoms. The Hall–Kier alpha value is -0.870. The van der Waals surface area contributed by atoms with Crippen LogP contribution in [-0.4, -0.2) is 35.3 Å². The summed E-state index contributed by atoms with van der Waals surface area (Å²) in [7, 11) is 5.97. The van der Waals surface area contributed by atoms with Gasteiger partial charge in [0.15, 0.2) is 0 Å². The minimum absolute atomic E-state index is 0.223. The van der Waals surface area contributed by atoms with Crippen molar-refractivity contribution in [1.29, 1.82) is 0 Å². The predicted octanol–water partition coefficient (Wildman–Crippen LogP) is 0.290. The number of aromatic nitrogens is 2. The molecule has 0 amide bonds. The number of likely N-dealkylation sites (N-methyl/N-ethyl adjacent to an activating group) is 1. The largest absolute Gasteiger partial charge is 0.329 e. The zero-order valence-electron chi connectivity index (χ0n) is 8.78. The van der Waals surface area contributed by atoms with Gasteiger partial charge in [-0.15, -0.1) is 0 Å². The Balaban J connectivity index is 2.97. The van der Waals surface area contributed by atoms with Gasteiger partial charge in [-0.1, -0.05) is 0 Å². The molecule has 1 rings (SSSR count). The molecule has 0 saturated carbocycles. The molecule has 13 heavy (non-hydrogen) atoms. The molecule has 1 atom stereocenters. The second-order valence-electron chi connectivity index (χ2n) is 3.59. The first kappa shape index (κ1) is 10.2. The van der Waals surface area contributed by atoms with Gasteiger partial charge in [-0.05, 0) is 26.6 Å². The highest BCUT2D eigenvalue weighted by molar-refractivity contribution is 5.18. The second kappa shape index (κ2) is 3.89. The predicted molar refractivity (Wildman–Crippen MR) is 53.4 cm³/mol. The third kappa shape index (κ3) is 2.08. The number of hydrogen-bond acceptors (Lipinski definition) is 3. The maximum atomic E-state index is 5.69. The Labute approximate surface area is 79.3 Å². The van der Waals surface area contributed by atoms with E-state index in [0.29, 0.717) is 6.54 Å². The molecular formula is C9H18N4. The van der Waals surface area contributed by atoms with Crippen molar-refractivity contribution in [3.63, 3.8) is 0 Å². The smallest absolute Gasteiger partial charge is 0.0837 e. The number of hydrogen-bond donors (Lipinski definition) is 1. The standard InChI is InChI=1S/C9H18N4/c1-7-6-13(4)11-9(7)8(5-10)12(2)3/h6,8H,5,10H2,1-4H3. The van der Waals surface area contributed by atoms with E-state index in [4.69, 9.17) is 5.73 Å². The van der Waals surface area contributed by atoms with Crippen molar-refractivity contribution in [1.82, 2.24) is 14.7 Å². The Kier molecular flexibility index (Phi) is 3.06. The first-order valence-corrected chi connectivity index (χ1v) is 4.43. The van der Waals surface area contributed by atoms with Gasteiger partial charge >= 0.3 is 0 Å². The Morgan fingerprint density at radius 3 is 2.54 bits per heavy atom. The number of aryl methyl sites for hydroxylation is 2. The highest BCUT2D eigenvalue weighted by Crippen LogP contribution is 2.18. The third-order valence-corrected chi connectivity index (χ3v) is 2.21. The molecule has 0 radical (unpaired) electrons. The van der Waals surface area contributed by atoms with E-state index in [9.17, 15) is 0 Å². The molecule has 0 fully saturated rings. The molecule has 0 aromatic carbocycles. The van der Waals surface area contributed by atoms with Crippen LogP contribution in [0.4, 0.5) is 0 Å². The average molecular weight is 182 g/mol. The highest BCUT2D eigenvalue weighted by atomic mass is 15.3. The SMILES string of the molecule is Cc1cn(C)nc1C(CN)N(C)C. The number of rotatable bonds is 3. The van der Waals surface area contributed by atoms with Crippen molar-refractivity contribution < 1.29 is 0 Å². The molecule has 0 aliphatic rings. The van der Waals surface area contributed by atoms with Crippen molar-refractivity contribution in [2.75, 3.05) is 20.6 Å². The van der Waals surface area contributed by atoms with Crippen LogP contribution < -0.4 is 5.73 Å². The van der Waals surface area contributed by atoms with Crippen molar-refractivity contribution >= 4 is 0 Å². The fourth-order valence-corrected chi connectivity index (χ4v) is 1.52. The van der Waals surface area contributed by atoms with Crippen LogP contribution in [0.3, 0.4) is 0 Å². The summed E-state index contributed by atoms with van der Waals surface area (Å²) >= 11 is 0. The first-order valence-electron chi connectivity index (χ1n) is 4.43. The lowest BCUT2D eigenvalue weighted by Gasteiger charge is -2.21. The lowest BCUT2D eigenvalue weighted by molar-refractivity contribution is 0.298. The van der Waals surface area contributed by atoms with Crippen LogP contribution in [-0.2, 0) is 7.05 Å². The zero-order valence-corrected chi connectivity index (χ0v) is 8.78. The van der Waals surface area contributed by atoms with E-state index in [-0.39, 0.29) is 6.04 Å². The lowest BCUT2D eigenvalue weighted by atomic mass is 10.1. The van der Waals surface area contributed by atoms with Gasteiger partial charge in [-0.25, -0.2) is 0 Å². The summed E-state index contributed by atoms with van der Waals surface area (Å²) in [6, 6.07) is 0.223. The summed E-state index contributed by atoms with van der Waals surface area (Å²) in [5, 5.41) is 4.40. The van der Waals surface area contributed by atoms with Crippen LogP contribution in [0.5, 0.6) is 0 Å². The number of nitrogens with zero attached hydrogens (tertiary/aromatic N) is 3. The van der Waals surface area contributed by atoms with E-state index in [1.165, 1.54) is 5.56 Å². The minimum atomic E-state index is 0.223. The van der Waals surface area contributed by atoms with E-state index in [0.717, 1.165) is 5.69 Å². The van der Waals surface area contributed by atoms with Crippen LogP contribution in [0.2, 0.25) is 0 Å². The summed E-state index contributed by atoms with van der Waals surface area (Å²) < 4.78 is 1.83. The van der Waals surface area contributed by atoms with Gasteiger partial charge in [-0.2, -0.15) is 5.10 Å². The lowest BCUT2D eigenvalue weighted by Crippen LogP contribution is -2.28. The van der Waals surface area contributed by atoms with Crippen LogP contribution in [0, 0.1) is 6.92 Å². The quantitative estimate of drug-likeness (QED) is 0.731. The summed E-state index contributed by atoms with van der Waals surface area (Å²) in [5.41, 5.74) is 7.97. The fraction of sp³-hybridized carbons (Fsp3) is 0.667. The minimum Gasteiger partial charge on any atom is -0.329 e. The topological polar surface area (TPSA) is 47.1 Å². The monoisotopic (exact) mass is 182 g/mol. The van der Waals surface area contributed by atoms with Crippen LogP contribution in [0.15, 0.2) is 6.20 Å². The van der Waals surface area contributed by atoms with E-state index >= 15 is 0 Å². The summed E-state index contributed by atoms with van der Waals surface area (Å²) in [6.07, 6.45) is 2.02. The first-order chi connectivity index (χ1) is 6.06. The maximum Gasteiger partial charge on any atom is 0.0837 e. The summed E-state index contributed by atoms with van der Waals surface area (Å²) in [6.45, 7) is 2.67. The molecule has 1 unspecified atom stereocenters. The molecule has 0 saturated heterocycles. The molecular weight excluding hydrogens is 164 g/mol. The molecule has 0 aliphatic carbocycles. The summed E-state index contributed by atoms with van der Waals surface area (Å²) in [4.78, 5) is 2.09. The van der Waals surface area contributed by atoms with Crippen LogP contribution in [0.25, 0.3) is 0 Å².